The number of fused-ring (bicyclic) bond motifs is 1. The number of hydrogen-bond acceptors (Lipinski definition) is 1. The summed E-state index contributed by atoms with van der Waals surface area (Å²) in [6.07, 6.45) is 0.957. The van der Waals surface area contributed by atoms with Crippen LogP contribution in [0.5, 0.6) is 0 Å². The first-order valence-corrected chi connectivity index (χ1v) is 8.14. The quantitative estimate of drug-likeness (QED) is 0.713. The average Bonchev–Trinajstić information content (AvgIpc) is 2.86. The molecule has 2 N–H and O–H groups in total. The minimum Gasteiger partial charge on any atom is -0.317 e. The van der Waals surface area contributed by atoms with Crippen molar-refractivity contribution in [1.82, 2.24) is 0 Å². The van der Waals surface area contributed by atoms with Crippen LogP contribution in [0.4, 0.5) is 0 Å². The Bertz CT molecular complexity index is 831. The van der Waals surface area contributed by atoms with E-state index in [4.69, 9.17) is 5.73 Å². The summed E-state index contributed by atoms with van der Waals surface area (Å²) in [7, 11) is 0. The Hall–Kier alpha value is -2.09. The maximum Gasteiger partial charge on any atom is 0.0766 e. The largest absolute Gasteiger partial charge is 0.317 e. The molecule has 2 atom stereocenters. The first kappa shape index (κ1) is 16.8. The molecule has 0 fully saturated rings. The third-order valence-electron chi connectivity index (χ3n) is 5.50. The first-order valence-electron chi connectivity index (χ1n) is 8.14. The molecule has 0 amide bonds. The molecule has 122 valence electrons. The molecule has 1 aliphatic carbocycles. The highest BCUT2D eigenvalue weighted by Crippen LogP contribution is 2.53. The summed E-state index contributed by atoms with van der Waals surface area (Å²) in [5, 5.41) is 0. The van der Waals surface area contributed by atoms with Gasteiger partial charge in [0.2, 0.25) is 0 Å². The van der Waals surface area contributed by atoms with E-state index in [-0.39, 0.29) is 17.8 Å². The van der Waals surface area contributed by atoms with E-state index >= 15 is 0 Å². The lowest BCUT2D eigenvalue weighted by Gasteiger charge is -2.42. The Balaban J connectivity index is 0.00000169. The fourth-order valence-electron chi connectivity index (χ4n) is 4.19. The number of benzene rings is 3. The molecule has 0 radical (unpaired) electrons. The Kier molecular flexibility index (Phi) is 4.25. The SMILES string of the molecule is C[C@@]1(c2ccccc2)Cc2ccccc2[C@]1(N)c1ccccc1.Cl. The highest BCUT2D eigenvalue weighted by molar-refractivity contribution is 5.85. The lowest BCUT2D eigenvalue weighted by atomic mass is 9.64. The van der Waals surface area contributed by atoms with Crippen molar-refractivity contribution < 1.29 is 0 Å². The normalized spacial score (nSPS) is 24.9. The van der Waals surface area contributed by atoms with Gasteiger partial charge in [-0.2, -0.15) is 0 Å². The molecule has 4 rings (SSSR count). The monoisotopic (exact) mass is 335 g/mol. The van der Waals surface area contributed by atoms with Crippen LogP contribution in [0, 0.1) is 0 Å². The maximum absolute atomic E-state index is 7.20. The van der Waals surface area contributed by atoms with Gasteiger partial charge in [-0.15, -0.1) is 12.4 Å². The van der Waals surface area contributed by atoms with Gasteiger partial charge in [0.1, 0.15) is 0 Å². The van der Waals surface area contributed by atoms with Crippen molar-refractivity contribution in [2.75, 3.05) is 0 Å². The zero-order valence-corrected chi connectivity index (χ0v) is 14.6. The Morgan fingerprint density at radius 3 is 1.83 bits per heavy atom. The predicted molar refractivity (Wildman–Crippen MR) is 103 cm³/mol. The predicted octanol–water partition coefficient (Wildman–Crippen LogP) is 4.82. The second-order valence-corrected chi connectivity index (χ2v) is 6.71. The van der Waals surface area contributed by atoms with Crippen molar-refractivity contribution in [1.29, 1.82) is 0 Å². The van der Waals surface area contributed by atoms with E-state index in [0.717, 1.165) is 6.42 Å². The van der Waals surface area contributed by atoms with Gasteiger partial charge < -0.3 is 5.73 Å². The number of nitrogens with two attached hydrogens (primary N) is 1. The first-order chi connectivity index (χ1) is 11.2. The van der Waals surface area contributed by atoms with Gasteiger partial charge in [0.15, 0.2) is 0 Å². The Morgan fingerprint density at radius 2 is 1.21 bits per heavy atom. The van der Waals surface area contributed by atoms with Gasteiger partial charge in [0, 0.05) is 5.41 Å². The van der Waals surface area contributed by atoms with Gasteiger partial charge in [-0.3, -0.25) is 0 Å². The van der Waals surface area contributed by atoms with Crippen LogP contribution in [-0.2, 0) is 17.4 Å². The van der Waals surface area contributed by atoms with Gasteiger partial charge in [0.05, 0.1) is 5.54 Å². The van der Waals surface area contributed by atoms with Crippen molar-refractivity contribution in [3.05, 3.63) is 107 Å². The van der Waals surface area contributed by atoms with Crippen LogP contribution in [-0.4, -0.2) is 0 Å². The van der Waals surface area contributed by atoms with Crippen LogP contribution < -0.4 is 5.73 Å². The topological polar surface area (TPSA) is 26.0 Å². The lowest BCUT2D eigenvalue weighted by molar-refractivity contribution is 0.315. The number of halogens is 1. The van der Waals surface area contributed by atoms with E-state index in [2.05, 4.69) is 85.8 Å². The fourth-order valence-corrected chi connectivity index (χ4v) is 4.19. The van der Waals surface area contributed by atoms with E-state index in [1.807, 2.05) is 6.07 Å². The summed E-state index contributed by atoms with van der Waals surface area (Å²) in [6, 6.07) is 29.8. The standard InChI is InChI=1S/C22H21N.ClH/c1-21(18-11-4-2-5-12-18)16-17-10-8-9-15-20(17)22(21,23)19-13-6-3-7-14-19;/h2-15H,16,23H2,1H3;1H/t21-,22+;/m0./s1. The van der Waals surface area contributed by atoms with Gasteiger partial charge >= 0.3 is 0 Å². The van der Waals surface area contributed by atoms with E-state index < -0.39 is 5.54 Å². The Morgan fingerprint density at radius 1 is 0.708 bits per heavy atom. The molecule has 0 bridgehead atoms. The van der Waals surface area contributed by atoms with Crippen LogP contribution >= 0.6 is 12.4 Å². The molecule has 0 heterocycles. The number of rotatable bonds is 2. The molecule has 0 unspecified atom stereocenters. The molecule has 1 nitrogen and oxygen atoms in total. The van der Waals surface area contributed by atoms with Crippen LogP contribution in [0.3, 0.4) is 0 Å². The van der Waals surface area contributed by atoms with Crippen molar-refractivity contribution in [3.63, 3.8) is 0 Å². The zero-order valence-electron chi connectivity index (χ0n) is 13.8. The minimum absolute atomic E-state index is 0. The molecule has 3 aromatic rings. The third kappa shape index (κ3) is 2.20. The van der Waals surface area contributed by atoms with Crippen LogP contribution in [0.1, 0.15) is 29.2 Å². The number of hydrogen-bond donors (Lipinski definition) is 1. The summed E-state index contributed by atoms with van der Waals surface area (Å²) in [5.74, 6) is 0. The average molecular weight is 336 g/mol. The van der Waals surface area contributed by atoms with Gasteiger partial charge in [-0.1, -0.05) is 91.9 Å². The zero-order chi connectivity index (χ0) is 15.9. The molecule has 1 aliphatic rings. The van der Waals surface area contributed by atoms with Gasteiger partial charge in [-0.05, 0) is 28.7 Å². The van der Waals surface area contributed by atoms with Crippen molar-refractivity contribution in [2.24, 2.45) is 5.73 Å². The Labute approximate surface area is 149 Å². The third-order valence-corrected chi connectivity index (χ3v) is 5.50. The van der Waals surface area contributed by atoms with Crippen LogP contribution in [0.15, 0.2) is 84.9 Å². The van der Waals surface area contributed by atoms with Gasteiger partial charge in [0.25, 0.3) is 0 Å². The smallest absolute Gasteiger partial charge is 0.0766 e. The van der Waals surface area contributed by atoms with Crippen LogP contribution in [0.25, 0.3) is 0 Å². The highest BCUT2D eigenvalue weighted by Gasteiger charge is 2.54. The van der Waals surface area contributed by atoms with Gasteiger partial charge in [-0.25, -0.2) is 0 Å². The molecule has 24 heavy (non-hydrogen) atoms. The van der Waals surface area contributed by atoms with E-state index in [0.29, 0.717) is 0 Å². The molecule has 0 spiro atoms. The van der Waals surface area contributed by atoms with E-state index in [9.17, 15) is 0 Å². The molecule has 3 aromatic carbocycles. The molecule has 0 saturated carbocycles. The molecule has 0 saturated heterocycles. The summed E-state index contributed by atoms with van der Waals surface area (Å²) in [4.78, 5) is 0. The minimum atomic E-state index is -0.522. The molecule has 2 heteroatoms. The van der Waals surface area contributed by atoms with E-state index in [1.165, 1.54) is 22.3 Å². The van der Waals surface area contributed by atoms with E-state index in [1.54, 1.807) is 0 Å². The molecule has 0 aromatic heterocycles. The van der Waals surface area contributed by atoms with Crippen molar-refractivity contribution in [2.45, 2.75) is 24.3 Å². The molecular weight excluding hydrogens is 314 g/mol. The molecule has 0 aliphatic heterocycles. The molecular formula is C22H22ClN. The second kappa shape index (κ2) is 6.08. The second-order valence-electron chi connectivity index (χ2n) is 6.71. The van der Waals surface area contributed by atoms with Crippen molar-refractivity contribution in [3.8, 4) is 0 Å². The lowest BCUT2D eigenvalue weighted by Crippen LogP contribution is -2.52. The summed E-state index contributed by atoms with van der Waals surface area (Å²) < 4.78 is 0. The van der Waals surface area contributed by atoms with Crippen molar-refractivity contribution >= 4 is 12.4 Å². The summed E-state index contributed by atoms with van der Waals surface area (Å²) in [5.41, 5.74) is 11.6. The maximum atomic E-state index is 7.20. The summed E-state index contributed by atoms with van der Waals surface area (Å²) in [6.45, 7) is 2.30. The highest BCUT2D eigenvalue weighted by atomic mass is 35.5. The van der Waals surface area contributed by atoms with Crippen LogP contribution in [0.2, 0.25) is 0 Å². The summed E-state index contributed by atoms with van der Waals surface area (Å²) >= 11 is 0. The fraction of sp³-hybridized carbons (Fsp3) is 0.182.